The number of methoxy groups -OCH3 is 1. The second-order valence-corrected chi connectivity index (χ2v) is 6.01. The van der Waals surface area contributed by atoms with E-state index >= 15 is 0 Å². The van der Waals surface area contributed by atoms with Crippen molar-refractivity contribution in [3.63, 3.8) is 0 Å². The fourth-order valence-corrected chi connectivity index (χ4v) is 3.21. The summed E-state index contributed by atoms with van der Waals surface area (Å²) >= 11 is 3.40. The third-order valence-corrected chi connectivity index (χ3v) is 4.50. The van der Waals surface area contributed by atoms with E-state index in [0.29, 0.717) is 11.5 Å². The van der Waals surface area contributed by atoms with Crippen molar-refractivity contribution >= 4 is 21.8 Å². The Morgan fingerprint density at radius 1 is 1.42 bits per heavy atom. The Kier molecular flexibility index (Phi) is 4.86. The summed E-state index contributed by atoms with van der Waals surface area (Å²) in [5.74, 6) is 1.36. The van der Waals surface area contributed by atoms with Crippen LogP contribution in [0, 0.1) is 5.92 Å². The van der Waals surface area contributed by atoms with Gasteiger partial charge < -0.3 is 10.1 Å². The van der Waals surface area contributed by atoms with E-state index in [1.165, 1.54) is 25.7 Å². The first kappa shape index (κ1) is 14.4. The number of carbonyl (C=O) groups excluding carboxylic acids is 1. The Bertz CT molecular complexity index is 455. The van der Waals surface area contributed by atoms with Crippen molar-refractivity contribution in [2.24, 2.45) is 5.92 Å². The van der Waals surface area contributed by atoms with Gasteiger partial charge in [0.25, 0.3) is 5.91 Å². The SMILES string of the molecule is COc1ccc(C(=O)NC(C)C2CCCC2)cc1Br. The molecule has 1 aliphatic rings. The molecule has 19 heavy (non-hydrogen) atoms. The van der Waals surface area contributed by atoms with E-state index in [9.17, 15) is 4.79 Å². The molecular weight excluding hydrogens is 306 g/mol. The number of benzene rings is 1. The van der Waals surface area contributed by atoms with Gasteiger partial charge in [0.2, 0.25) is 0 Å². The monoisotopic (exact) mass is 325 g/mol. The minimum absolute atomic E-state index is 0.0113. The molecule has 1 aromatic carbocycles. The standard InChI is InChI=1S/C15H20BrNO2/c1-10(11-5-3-4-6-11)17-15(18)12-7-8-14(19-2)13(16)9-12/h7-11H,3-6H2,1-2H3,(H,17,18). The van der Waals surface area contributed by atoms with Gasteiger partial charge in [-0.3, -0.25) is 4.79 Å². The molecule has 0 radical (unpaired) electrons. The minimum Gasteiger partial charge on any atom is -0.496 e. The van der Waals surface area contributed by atoms with Crippen molar-refractivity contribution in [2.45, 2.75) is 38.6 Å². The van der Waals surface area contributed by atoms with Crippen LogP contribution in [0.5, 0.6) is 5.75 Å². The van der Waals surface area contributed by atoms with E-state index in [1.807, 2.05) is 0 Å². The quantitative estimate of drug-likeness (QED) is 0.915. The zero-order valence-corrected chi connectivity index (χ0v) is 13.0. The van der Waals surface area contributed by atoms with Crippen LogP contribution in [0.3, 0.4) is 0 Å². The second-order valence-electron chi connectivity index (χ2n) is 5.16. The number of hydrogen-bond donors (Lipinski definition) is 1. The average molecular weight is 326 g/mol. The highest BCUT2D eigenvalue weighted by Gasteiger charge is 2.23. The molecule has 1 N–H and O–H groups in total. The van der Waals surface area contributed by atoms with Gasteiger partial charge in [0.05, 0.1) is 11.6 Å². The first-order chi connectivity index (χ1) is 9.11. The van der Waals surface area contributed by atoms with Crippen molar-refractivity contribution in [1.29, 1.82) is 0 Å². The van der Waals surface area contributed by atoms with Crippen LogP contribution < -0.4 is 10.1 Å². The summed E-state index contributed by atoms with van der Waals surface area (Å²) in [5.41, 5.74) is 0.664. The van der Waals surface area contributed by atoms with E-state index in [0.717, 1.165) is 10.2 Å². The minimum atomic E-state index is -0.0113. The van der Waals surface area contributed by atoms with E-state index in [2.05, 4.69) is 28.2 Å². The normalized spacial score (nSPS) is 17.2. The van der Waals surface area contributed by atoms with Crippen LogP contribution in [0.4, 0.5) is 0 Å². The van der Waals surface area contributed by atoms with Crippen molar-refractivity contribution in [3.8, 4) is 5.75 Å². The number of hydrogen-bond acceptors (Lipinski definition) is 2. The van der Waals surface area contributed by atoms with Gasteiger partial charge in [0, 0.05) is 11.6 Å². The first-order valence-corrected chi connectivity index (χ1v) is 7.55. The lowest BCUT2D eigenvalue weighted by atomic mass is 9.99. The van der Waals surface area contributed by atoms with Crippen molar-refractivity contribution < 1.29 is 9.53 Å². The highest BCUT2D eigenvalue weighted by Crippen LogP contribution is 2.28. The summed E-state index contributed by atoms with van der Waals surface area (Å²) < 4.78 is 5.97. The predicted octanol–water partition coefficient (Wildman–Crippen LogP) is 3.77. The Balaban J connectivity index is 2.01. The van der Waals surface area contributed by atoms with Crippen LogP contribution in [0.1, 0.15) is 43.0 Å². The summed E-state index contributed by atoms with van der Waals surface area (Å²) in [6.07, 6.45) is 5.04. The zero-order chi connectivity index (χ0) is 13.8. The molecule has 0 aliphatic heterocycles. The van der Waals surface area contributed by atoms with Crippen LogP contribution in [-0.2, 0) is 0 Å². The highest BCUT2D eigenvalue weighted by atomic mass is 79.9. The highest BCUT2D eigenvalue weighted by molar-refractivity contribution is 9.10. The van der Waals surface area contributed by atoms with Crippen molar-refractivity contribution in [3.05, 3.63) is 28.2 Å². The lowest BCUT2D eigenvalue weighted by Gasteiger charge is -2.20. The van der Waals surface area contributed by atoms with E-state index < -0.39 is 0 Å². The molecule has 1 saturated carbocycles. The zero-order valence-electron chi connectivity index (χ0n) is 11.4. The van der Waals surface area contributed by atoms with Crippen LogP contribution >= 0.6 is 15.9 Å². The van der Waals surface area contributed by atoms with Crippen LogP contribution in [0.15, 0.2) is 22.7 Å². The van der Waals surface area contributed by atoms with Gasteiger partial charge in [-0.15, -0.1) is 0 Å². The van der Waals surface area contributed by atoms with E-state index in [4.69, 9.17) is 4.74 Å². The Hall–Kier alpha value is -1.03. The van der Waals surface area contributed by atoms with Crippen molar-refractivity contribution in [2.75, 3.05) is 7.11 Å². The van der Waals surface area contributed by atoms with Crippen LogP contribution in [0.25, 0.3) is 0 Å². The van der Waals surface area contributed by atoms with Gasteiger partial charge in [0.15, 0.2) is 0 Å². The number of carbonyl (C=O) groups is 1. The fourth-order valence-electron chi connectivity index (χ4n) is 2.67. The molecular formula is C15H20BrNO2. The maximum atomic E-state index is 12.2. The lowest BCUT2D eigenvalue weighted by Crippen LogP contribution is -2.37. The smallest absolute Gasteiger partial charge is 0.251 e. The number of nitrogens with one attached hydrogen (secondary N) is 1. The lowest BCUT2D eigenvalue weighted by molar-refractivity contribution is 0.0927. The number of halogens is 1. The van der Waals surface area contributed by atoms with Gasteiger partial charge in [-0.25, -0.2) is 0 Å². The van der Waals surface area contributed by atoms with Gasteiger partial charge in [-0.05, 0) is 59.8 Å². The average Bonchev–Trinajstić information content (AvgIpc) is 2.92. The molecule has 1 fully saturated rings. The Morgan fingerprint density at radius 3 is 2.68 bits per heavy atom. The van der Waals surface area contributed by atoms with Crippen molar-refractivity contribution in [1.82, 2.24) is 5.32 Å². The molecule has 104 valence electrons. The molecule has 3 nitrogen and oxygen atoms in total. The number of amides is 1. The molecule has 1 aliphatic carbocycles. The van der Waals surface area contributed by atoms with Gasteiger partial charge in [-0.1, -0.05) is 12.8 Å². The summed E-state index contributed by atoms with van der Waals surface area (Å²) in [7, 11) is 1.61. The summed E-state index contributed by atoms with van der Waals surface area (Å²) in [4.78, 5) is 12.2. The molecule has 4 heteroatoms. The predicted molar refractivity (Wildman–Crippen MR) is 79.6 cm³/mol. The third kappa shape index (κ3) is 3.50. The largest absolute Gasteiger partial charge is 0.496 e. The first-order valence-electron chi connectivity index (χ1n) is 6.76. The van der Waals surface area contributed by atoms with E-state index in [1.54, 1.807) is 25.3 Å². The molecule has 2 rings (SSSR count). The fraction of sp³-hybridized carbons (Fsp3) is 0.533. The summed E-state index contributed by atoms with van der Waals surface area (Å²) in [6, 6.07) is 5.64. The summed E-state index contributed by atoms with van der Waals surface area (Å²) in [5, 5.41) is 3.10. The second kappa shape index (κ2) is 6.42. The maximum absolute atomic E-state index is 12.2. The Labute approximate surface area is 122 Å². The van der Waals surface area contributed by atoms with Gasteiger partial charge >= 0.3 is 0 Å². The number of rotatable bonds is 4. The molecule has 0 heterocycles. The molecule has 0 aromatic heterocycles. The number of ether oxygens (including phenoxy) is 1. The Morgan fingerprint density at radius 2 is 2.11 bits per heavy atom. The summed E-state index contributed by atoms with van der Waals surface area (Å²) in [6.45, 7) is 2.10. The van der Waals surface area contributed by atoms with Gasteiger partial charge in [-0.2, -0.15) is 0 Å². The van der Waals surface area contributed by atoms with Gasteiger partial charge in [0.1, 0.15) is 5.75 Å². The molecule has 0 saturated heterocycles. The molecule has 0 spiro atoms. The van der Waals surface area contributed by atoms with Crippen LogP contribution in [-0.4, -0.2) is 19.1 Å². The topological polar surface area (TPSA) is 38.3 Å². The molecule has 0 bridgehead atoms. The third-order valence-electron chi connectivity index (χ3n) is 3.88. The van der Waals surface area contributed by atoms with E-state index in [-0.39, 0.29) is 11.9 Å². The molecule has 1 unspecified atom stereocenters. The molecule has 1 aromatic rings. The molecule has 1 amide bonds. The van der Waals surface area contributed by atoms with Crippen LogP contribution in [0.2, 0.25) is 0 Å². The molecule has 1 atom stereocenters. The maximum Gasteiger partial charge on any atom is 0.251 e.